The van der Waals surface area contributed by atoms with Crippen molar-refractivity contribution in [1.82, 2.24) is 9.97 Å². The molecular formula is C15H23N5. The Bertz CT molecular complexity index is 590. The molecule has 1 fully saturated rings. The second-order valence-corrected chi connectivity index (χ2v) is 5.12. The summed E-state index contributed by atoms with van der Waals surface area (Å²) in [5.41, 5.74) is 12.5. The van der Waals surface area contributed by atoms with Crippen LogP contribution in [0.15, 0.2) is 18.2 Å². The minimum atomic E-state index is 0.611. The average molecular weight is 273 g/mol. The van der Waals surface area contributed by atoms with E-state index < -0.39 is 0 Å². The van der Waals surface area contributed by atoms with E-state index >= 15 is 0 Å². The number of anilines is 1. The van der Waals surface area contributed by atoms with E-state index in [-0.39, 0.29) is 0 Å². The number of hydrogen-bond donors (Lipinski definition) is 2. The predicted molar refractivity (Wildman–Crippen MR) is 83.9 cm³/mol. The normalized spacial score (nSPS) is 14.8. The maximum Gasteiger partial charge on any atom is 0.140 e. The van der Waals surface area contributed by atoms with Gasteiger partial charge in [-0.25, -0.2) is 9.97 Å². The zero-order chi connectivity index (χ0) is 14.7. The third-order valence-corrected chi connectivity index (χ3v) is 3.53. The van der Waals surface area contributed by atoms with Crippen molar-refractivity contribution in [3.63, 3.8) is 0 Å². The predicted octanol–water partition coefficient (Wildman–Crippen LogP) is 1.22. The van der Waals surface area contributed by atoms with Gasteiger partial charge in [0.15, 0.2) is 0 Å². The fourth-order valence-electron chi connectivity index (χ4n) is 2.47. The first kappa shape index (κ1) is 14.7. The maximum absolute atomic E-state index is 5.68. The van der Waals surface area contributed by atoms with Gasteiger partial charge in [-0.2, -0.15) is 0 Å². The van der Waals surface area contributed by atoms with Crippen LogP contribution < -0.4 is 16.4 Å². The van der Waals surface area contributed by atoms with E-state index in [4.69, 9.17) is 5.73 Å². The lowest BCUT2D eigenvalue weighted by molar-refractivity contribution is 0.418. The van der Waals surface area contributed by atoms with Crippen LogP contribution in [0.3, 0.4) is 0 Å². The lowest BCUT2D eigenvalue weighted by atomic mass is 10.00. The monoisotopic (exact) mass is 273 g/mol. The van der Waals surface area contributed by atoms with E-state index in [1.54, 1.807) is 0 Å². The van der Waals surface area contributed by atoms with Crippen LogP contribution in [0.4, 0.5) is 5.82 Å². The molecule has 0 spiro atoms. The van der Waals surface area contributed by atoms with Gasteiger partial charge in [-0.05, 0) is 39.6 Å². The number of nitrogens with zero attached hydrogens (tertiary/aromatic N) is 3. The van der Waals surface area contributed by atoms with Crippen LogP contribution in [0.1, 0.15) is 11.4 Å². The van der Waals surface area contributed by atoms with E-state index in [1.165, 1.54) is 12.6 Å². The minimum Gasteiger partial charge on any atom is -0.355 e. The van der Waals surface area contributed by atoms with Crippen molar-refractivity contribution in [2.45, 2.75) is 13.8 Å². The summed E-state index contributed by atoms with van der Waals surface area (Å²) in [6, 6.07) is 6.33. The van der Waals surface area contributed by atoms with Crippen molar-refractivity contribution in [2.75, 3.05) is 31.6 Å². The highest BCUT2D eigenvalue weighted by molar-refractivity contribution is 5.90. The molecule has 1 aromatic carbocycles. The molecule has 20 heavy (non-hydrogen) atoms. The molecule has 0 atom stereocenters. The Labute approximate surface area is 120 Å². The largest absolute Gasteiger partial charge is 0.355 e. The topological polar surface area (TPSA) is 81.1 Å². The van der Waals surface area contributed by atoms with Crippen LogP contribution in [-0.4, -0.2) is 36.6 Å². The first-order valence-electron chi connectivity index (χ1n) is 6.95. The van der Waals surface area contributed by atoms with Crippen molar-refractivity contribution < 1.29 is 0 Å². The lowest BCUT2D eigenvalue weighted by Crippen LogP contribution is -2.50. The van der Waals surface area contributed by atoms with Crippen molar-refractivity contribution in [3.8, 4) is 0 Å². The van der Waals surface area contributed by atoms with Crippen LogP contribution >= 0.6 is 0 Å². The van der Waals surface area contributed by atoms with Crippen molar-refractivity contribution in [3.05, 3.63) is 29.6 Å². The molecule has 3 rings (SSSR count). The standard InChI is InChI=1S/C14H18N4.CH5N/c1-9-3-4-13-12(5-9)14(17-10(2)16-13)18-7-11(6-15)8-18;1-2/h3-5,11H,6-8,15H2,1-2H3;2H2,1H3. The van der Waals surface area contributed by atoms with Gasteiger partial charge >= 0.3 is 0 Å². The quantitative estimate of drug-likeness (QED) is 0.859. The summed E-state index contributed by atoms with van der Waals surface area (Å²) in [6.45, 7) is 6.83. The van der Waals surface area contributed by atoms with Crippen LogP contribution in [-0.2, 0) is 0 Å². The SMILES string of the molecule is CN.Cc1ccc2nc(C)nc(N3CC(CN)C3)c2c1. The molecular weight excluding hydrogens is 250 g/mol. The number of aromatic nitrogens is 2. The van der Waals surface area contributed by atoms with Crippen LogP contribution in [0.25, 0.3) is 10.9 Å². The molecule has 1 aliphatic heterocycles. The average Bonchev–Trinajstić information content (AvgIpc) is 2.40. The molecule has 0 radical (unpaired) electrons. The van der Waals surface area contributed by atoms with Crippen molar-refractivity contribution >= 4 is 16.7 Å². The molecule has 2 heterocycles. The molecule has 4 N–H and O–H groups in total. The Morgan fingerprint density at radius 2 is 1.90 bits per heavy atom. The molecule has 108 valence electrons. The zero-order valence-electron chi connectivity index (χ0n) is 12.4. The number of rotatable bonds is 2. The van der Waals surface area contributed by atoms with Crippen LogP contribution in [0.5, 0.6) is 0 Å². The minimum absolute atomic E-state index is 0.611. The van der Waals surface area contributed by atoms with E-state index in [1.807, 2.05) is 6.92 Å². The fraction of sp³-hybridized carbons (Fsp3) is 0.467. The van der Waals surface area contributed by atoms with E-state index in [2.05, 4.69) is 45.7 Å². The Hall–Kier alpha value is -1.72. The number of fused-ring (bicyclic) bond motifs is 1. The van der Waals surface area contributed by atoms with Gasteiger partial charge in [0.2, 0.25) is 0 Å². The summed E-state index contributed by atoms with van der Waals surface area (Å²) in [5, 5.41) is 1.15. The molecule has 1 saturated heterocycles. The molecule has 1 aliphatic rings. The third-order valence-electron chi connectivity index (χ3n) is 3.53. The van der Waals surface area contributed by atoms with Crippen LogP contribution in [0.2, 0.25) is 0 Å². The van der Waals surface area contributed by atoms with E-state index in [9.17, 15) is 0 Å². The maximum atomic E-state index is 5.68. The van der Waals surface area contributed by atoms with Crippen molar-refractivity contribution in [1.29, 1.82) is 0 Å². The van der Waals surface area contributed by atoms with Gasteiger partial charge in [-0.15, -0.1) is 0 Å². The van der Waals surface area contributed by atoms with Crippen LogP contribution in [0, 0.1) is 19.8 Å². The van der Waals surface area contributed by atoms with Gasteiger partial charge in [0.1, 0.15) is 11.6 Å². The number of benzene rings is 1. The van der Waals surface area contributed by atoms with Gasteiger partial charge in [0.05, 0.1) is 5.52 Å². The highest BCUT2D eigenvalue weighted by Gasteiger charge is 2.28. The fourth-order valence-corrected chi connectivity index (χ4v) is 2.47. The molecule has 0 bridgehead atoms. The van der Waals surface area contributed by atoms with Gasteiger partial charge in [0.25, 0.3) is 0 Å². The Balaban J connectivity index is 0.000000704. The third kappa shape index (κ3) is 2.73. The van der Waals surface area contributed by atoms with E-state index in [0.29, 0.717) is 5.92 Å². The summed E-state index contributed by atoms with van der Waals surface area (Å²) >= 11 is 0. The smallest absolute Gasteiger partial charge is 0.140 e. The van der Waals surface area contributed by atoms with Gasteiger partial charge < -0.3 is 16.4 Å². The van der Waals surface area contributed by atoms with E-state index in [0.717, 1.165) is 42.2 Å². The molecule has 0 unspecified atom stereocenters. The second-order valence-electron chi connectivity index (χ2n) is 5.12. The summed E-state index contributed by atoms with van der Waals surface area (Å²) in [5.74, 6) is 2.50. The molecule has 0 saturated carbocycles. The molecule has 0 amide bonds. The molecule has 0 aliphatic carbocycles. The number of nitrogens with two attached hydrogens (primary N) is 2. The van der Waals surface area contributed by atoms with Gasteiger partial charge in [0, 0.05) is 24.4 Å². The zero-order valence-corrected chi connectivity index (χ0v) is 12.4. The first-order chi connectivity index (χ1) is 9.67. The summed E-state index contributed by atoms with van der Waals surface area (Å²) in [4.78, 5) is 11.4. The summed E-state index contributed by atoms with van der Waals surface area (Å²) in [6.07, 6.45) is 0. The first-order valence-corrected chi connectivity index (χ1v) is 6.95. The number of hydrogen-bond acceptors (Lipinski definition) is 5. The van der Waals surface area contributed by atoms with Gasteiger partial charge in [-0.3, -0.25) is 0 Å². The molecule has 1 aromatic heterocycles. The summed E-state index contributed by atoms with van der Waals surface area (Å²) < 4.78 is 0. The summed E-state index contributed by atoms with van der Waals surface area (Å²) in [7, 11) is 1.50. The van der Waals surface area contributed by atoms with Crippen molar-refractivity contribution in [2.24, 2.45) is 17.4 Å². The second kappa shape index (κ2) is 6.15. The Morgan fingerprint density at radius 3 is 2.55 bits per heavy atom. The Kier molecular flexibility index (Phi) is 4.52. The molecule has 5 heteroatoms. The highest BCUT2D eigenvalue weighted by atomic mass is 15.2. The highest BCUT2D eigenvalue weighted by Crippen LogP contribution is 2.29. The molecule has 2 aromatic rings. The lowest BCUT2D eigenvalue weighted by Gasteiger charge is -2.40. The molecule has 5 nitrogen and oxygen atoms in total. The Morgan fingerprint density at radius 1 is 1.20 bits per heavy atom. The van der Waals surface area contributed by atoms with Gasteiger partial charge in [-0.1, -0.05) is 11.6 Å². The number of aryl methyl sites for hydroxylation is 2.